The minimum atomic E-state index is -0.389. The summed E-state index contributed by atoms with van der Waals surface area (Å²) >= 11 is 13.7. The van der Waals surface area contributed by atoms with Crippen molar-refractivity contribution in [3.05, 3.63) is 73.6 Å². The van der Waals surface area contributed by atoms with E-state index in [0.717, 1.165) is 16.5 Å². The van der Waals surface area contributed by atoms with Gasteiger partial charge >= 0.3 is 5.63 Å². The van der Waals surface area contributed by atoms with Gasteiger partial charge in [-0.3, -0.25) is 0 Å². The van der Waals surface area contributed by atoms with Gasteiger partial charge in [-0.05, 0) is 59.9 Å². The van der Waals surface area contributed by atoms with E-state index in [1.807, 2.05) is 13.0 Å². The monoisotopic (exact) mass is 474 g/mol. The zero-order valence-corrected chi connectivity index (χ0v) is 19.5. The van der Waals surface area contributed by atoms with E-state index in [2.05, 4.69) is 30.1 Å². The first-order chi connectivity index (χ1) is 14.7. The average molecular weight is 475 g/mol. The van der Waals surface area contributed by atoms with Gasteiger partial charge in [0.1, 0.15) is 5.58 Å². The Balaban J connectivity index is 1.69. The fourth-order valence-electron chi connectivity index (χ4n) is 3.50. The Morgan fingerprint density at radius 1 is 1.16 bits per heavy atom. The van der Waals surface area contributed by atoms with Crippen molar-refractivity contribution in [3.63, 3.8) is 0 Å². The molecule has 0 unspecified atom stereocenters. The van der Waals surface area contributed by atoms with Crippen LogP contribution in [0.5, 0.6) is 0 Å². The third-order valence-electron chi connectivity index (χ3n) is 5.03. The summed E-state index contributed by atoms with van der Waals surface area (Å²) in [7, 11) is 0. The molecule has 0 radical (unpaired) electrons. The Morgan fingerprint density at radius 2 is 1.94 bits per heavy atom. The maximum atomic E-state index is 12.1. The maximum Gasteiger partial charge on any atom is 0.336 e. The molecule has 0 aliphatic carbocycles. The third kappa shape index (κ3) is 4.31. The molecule has 0 saturated heterocycles. The van der Waals surface area contributed by atoms with Crippen LogP contribution in [0, 0.1) is 6.92 Å². The van der Waals surface area contributed by atoms with Gasteiger partial charge in [0, 0.05) is 27.8 Å². The van der Waals surface area contributed by atoms with Crippen LogP contribution in [0.15, 0.2) is 50.8 Å². The highest BCUT2D eigenvalue weighted by atomic mass is 35.5. The quantitative estimate of drug-likeness (QED) is 0.223. The van der Waals surface area contributed by atoms with Crippen molar-refractivity contribution in [1.82, 2.24) is 14.9 Å². The summed E-state index contributed by atoms with van der Waals surface area (Å²) in [6.45, 7) is 6.30. The standard InChI is InChI=1S/C22H20Cl2N4O2S/c1-11(2)15-9-16-13(7-20(29)30-19(16)6-12(15)3)10-31-22-27-26-21(28(22)25)17-8-14(23)4-5-18(17)24/h4-9,11H,10,25H2,1-3H3. The van der Waals surface area contributed by atoms with E-state index in [-0.39, 0.29) is 5.63 Å². The van der Waals surface area contributed by atoms with Gasteiger partial charge in [-0.25, -0.2) is 9.47 Å². The van der Waals surface area contributed by atoms with Gasteiger partial charge in [0.15, 0.2) is 5.82 Å². The lowest BCUT2D eigenvalue weighted by Gasteiger charge is -2.13. The number of nitrogens with zero attached hydrogens (tertiary/aromatic N) is 3. The number of aryl methyl sites for hydroxylation is 1. The van der Waals surface area contributed by atoms with Crippen LogP contribution >= 0.6 is 35.0 Å². The minimum Gasteiger partial charge on any atom is -0.423 e. The molecule has 2 N–H and O–H groups in total. The van der Waals surface area contributed by atoms with Crippen LogP contribution in [0.25, 0.3) is 22.4 Å². The molecule has 0 fully saturated rings. The molecule has 9 heteroatoms. The van der Waals surface area contributed by atoms with E-state index >= 15 is 0 Å². The van der Waals surface area contributed by atoms with E-state index in [9.17, 15) is 4.79 Å². The Labute approximate surface area is 193 Å². The van der Waals surface area contributed by atoms with Crippen LogP contribution in [0.2, 0.25) is 10.0 Å². The lowest BCUT2D eigenvalue weighted by atomic mass is 9.95. The topological polar surface area (TPSA) is 86.9 Å². The SMILES string of the molecule is Cc1cc2oc(=O)cc(CSc3nnc(-c4cc(Cl)ccc4Cl)n3N)c2cc1C(C)C. The number of nitrogen functional groups attached to an aromatic ring is 1. The molecule has 160 valence electrons. The van der Waals surface area contributed by atoms with Gasteiger partial charge < -0.3 is 10.3 Å². The number of aromatic nitrogens is 3. The highest BCUT2D eigenvalue weighted by molar-refractivity contribution is 7.98. The summed E-state index contributed by atoms with van der Waals surface area (Å²) in [5.74, 6) is 7.47. The highest BCUT2D eigenvalue weighted by Gasteiger charge is 2.17. The number of benzene rings is 2. The fourth-order valence-corrected chi connectivity index (χ4v) is 4.72. The lowest BCUT2D eigenvalue weighted by Crippen LogP contribution is -2.12. The van der Waals surface area contributed by atoms with Crippen molar-refractivity contribution in [2.75, 3.05) is 5.84 Å². The van der Waals surface area contributed by atoms with Crippen molar-refractivity contribution in [2.45, 2.75) is 37.6 Å². The Kier molecular flexibility index (Phi) is 6.01. The Morgan fingerprint density at radius 3 is 2.68 bits per heavy atom. The molecular formula is C22H20Cl2N4O2S. The van der Waals surface area contributed by atoms with Crippen LogP contribution in [0.4, 0.5) is 0 Å². The molecule has 4 rings (SSSR count). The molecule has 4 aromatic rings. The van der Waals surface area contributed by atoms with Crippen molar-refractivity contribution < 1.29 is 4.42 Å². The molecule has 0 aliphatic heterocycles. The first-order valence-electron chi connectivity index (χ1n) is 9.60. The van der Waals surface area contributed by atoms with Crippen LogP contribution in [0.3, 0.4) is 0 Å². The molecule has 0 saturated carbocycles. The van der Waals surface area contributed by atoms with Crippen molar-refractivity contribution in [2.24, 2.45) is 0 Å². The maximum absolute atomic E-state index is 12.1. The second kappa shape index (κ2) is 8.57. The van der Waals surface area contributed by atoms with Crippen LogP contribution in [-0.2, 0) is 5.75 Å². The van der Waals surface area contributed by atoms with E-state index in [4.69, 9.17) is 33.5 Å². The van der Waals surface area contributed by atoms with Crippen LogP contribution in [-0.4, -0.2) is 14.9 Å². The highest BCUT2D eigenvalue weighted by Crippen LogP contribution is 2.33. The van der Waals surface area contributed by atoms with Gasteiger partial charge in [-0.2, -0.15) is 0 Å². The molecule has 2 heterocycles. The first kappa shape index (κ1) is 21.7. The largest absolute Gasteiger partial charge is 0.423 e. The predicted octanol–water partition coefficient (Wildman–Crippen LogP) is 5.80. The first-order valence-corrected chi connectivity index (χ1v) is 11.3. The normalized spacial score (nSPS) is 11.5. The lowest BCUT2D eigenvalue weighted by molar-refractivity contribution is 0.559. The Hall–Kier alpha value is -2.48. The number of nitrogens with two attached hydrogens (primary N) is 1. The van der Waals surface area contributed by atoms with E-state index in [0.29, 0.717) is 43.8 Å². The van der Waals surface area contributed by atoms with Gasteiger partial charge in [-0.15, -0.1) is 10.2 Å². The molecule has 0 spiro atoms. The summed E-state index contributed by atoms with van der Waals surface area (Å²) in [4.78, 5) is 12.1. The second-order valence-electron chi connectivity index (χ2n) is 7.54. The van der Waals surface area contributed by atoms with Gasteiger partial charge in [0.05, 0.1) is 5.02 Å². The molecule has 31 heavy (non-hydrogen) atoms. The molecule has 2 aromatic heterocycles. The summed E-state index contributed by atoms with van der Waals surface area (Å²) in [6, 6.07) is 10.6. The van der Waals surface area contributed by atoms with Crippen molar-refractivity contribution in [3.8, 4) is 11.4 Å². The van der Waals surface area contributed by atoms with Crippen LogP contribution in [0.1, 0.15) is 36.5 Å². The Bertz CT molecular complexity index is 1350. The summed E-state index contributed by atoms with van der Waals surface area (Å²) in [5, 5.41) is 10.8. The zero-order chi connectivity index (χ0) is 22.3. The van der Waals surface area contributed by atoms with Gasteiger partial charge in [0.25, 0.3) is 0 Å². The molecular weight excluding hydrogens is 455 g/mol. The molecule has 0 bridgehead atoms. The summed E-state index contributed by atoms with van der Waals surface area (Å²) in [6.07, 6.45) is 0. The van der Waals surface area contributed by atoms with Crippen LogP contribution < -0.4 is 11.5 Å². The molecule has 2 aromatic carbocycles. The van der Waals surface area contributed by atoms with Gasteiger partial charge in [-0.1, -0.05) is 48.8 Å². The predicted molar refractivity (Wildman–Crippen MR) is 126 cm³/mol. The number of halogens is 2. The van der Waals surface area contributed by atoms with Gasteiger partial charge in [0.2, 0.25) is 5.16 Å². The van der Waals surface area contributed by atoms with E-state index in [1.165, 1.54) is 28.1 Å². The molecule has 0 atom stereocenters. The molecule has 0 amide bonds. The van der Waals surface area contributed by atoms with E-state index < -0.39 is 0 Å². The minimum absolute atomic E-state index is 0.356. The zero-order valence-electron chi connectivity index (χ0n) is 17.1. The number of hydrogen-bond donors (Lipinski definition) is 1. The number of thioether (sulfide) groups is 1. The molecule has 6 nitrogen and oxygen atoms in total. The average Bonchev–Trinajstić information content (AvgIpc) is 3.07. The summed E-state index contributed by atoms with van der Waals surface area (Å²) in [5.41, 5.74) is 3.95. The van der Waals surface area contributed by atoms with Crippen molar-refractivity contribution >= 4 is 45.9 Å². The smallest absolute Gasteiger partial charge is 0.336 e. The number of rotatable bonds is 5. The van der Waals surface area contributed by atoms with E-state index in [1.54, 1.807) is 18.2 Å². The summed E-state index contributed by atoms with van der Waals surface area (Å²) < 4.78 is 6.80. The van der Waals surface area contributed by atoms with Crippen molar-refractivity contribution in [1.29, 1.82) is 0 Å². The fraction of sp³-hybridized carbons (Fsp3) is 0.227. The third-order valence-corrected chi connectivity index (χ3v) is 6.59. The number of hydrogen-bond acceptors (Lipinski definition) is 6. The number of fused-ring (bicyclic) bond motifs is 1. The second-order valence-corrected chi connectivity index (χ2v) is 9.33. The molecule has 0 aliphatic rings.